The van der Waals surface area contributed by atoms with Gasteiger partial charge in [0.15, 0.2) is 0 Å². The number of hydrogen-bond acceptors (Lipinski definition) is 7. The molecule has 9 heteroatoms. The van der Waals surface area contributed by atoms with Gasteiger partial charge in [-0.05, 0) is 30.3 Å². The number of para-hydroxylation sites is 1. The van der Waals surface area contributed by atoms with Gasteiger partial charge in [-0.15, -0.1) is 0 Å². The zero-order chi connectivity index (χ0) is 19.4. The zero-order valence-electron chi connectivity index (χ0n) is 14.3. The number of anilines is 3. The second kappa shape index (κ2) is 7.88. The van der Waals surface area contributed by atoms with Gasteiger partial charge in [-0.2, -0.15) is 4.98 Å². The van der Waals surface area contributed by atoms with E-state index in [0.29, 0.717) is 16.3 Å². The van der Waals surface area contributed by atoms with Crippen molar-refractivity contribution < 1.29 is 10.0 Å². The lowest BCUT2D eigenvalue weighted by Gasteiger charge is -2.19. The van der Waals surface area contributed by atoms with Crippen LogP contribution in [0.3, 0.4) is 0 Å². The van der Waals surface area contributed by atoms with Crippen LogP contribution in [0, 0.1) is 10.1 Å². The van der Waals surface area contributed by atoms with Crippen LogP contribution in [0.4, 0.5) is 23.1 Å². The third kappa shape index (κ3) is 4.42. The fourth-order valence-corrected chi connectivity index (χ4v) is 2.60. The molecular formula is C18H16ClN5O3. The molecule has 0 fully saturated rings. The van der Waals surface area contributed by atoms with Gasteiger partial charge >= 0.3 is 5.69 Å². The molecule has 2 aromatic carbocycles. The number of halogens is 1. The van der Waals surface area contributed by atoms with E-state index in [1.807, 2.05) is 0 Å². The van der Waals surface area contributed by atoms with Crippen LogP contribution in [0.1, 0.15) is 5.56 Å². The average molecular weight is 386 g/mol. The lowest BCUT2D eigenvalue weighted by Crippen LogP contribution is -2.20. The molecule has 0 atom stereocenters. The van der Waals surface area contributed by atoms with E-state index in [1.54, 1.807) is 60.5 Å². The lowest BCUT2D eigenvalue weighted by atomic mass is 10.2. The Kier molecular flexibility index (Phi) is 5.37. The predicted molar refractivity (Wildman–Crippen MR) is 104 cm³/mol. The van der Waals surface area contributed by atoms with Crippen molar-refractivity contribution in [1.82, 2.24) is 9.97 Å². The third-order valence-corrected chi connectivity index (χ3v) is 4.06. The zero-order valence-corrected chi connectivity index (χ0v) is 15.1. The number of nitrogens with one attached hydrogen (secondary N) is 1. The van der Waals surface area contributed by atoms with Crippen LogP contribution in [0.2, 0.25) is 5.02 Å². The summed E-state index contributed by atoms with van der Waals surface area (Å²) in [5, 5.41) is 24.9. The van der Waals surface area contributed by atoms with E-state index < -0.39 is 4.92 Å². The number of aromatic nitrogens is 2. The topological polar surface area (TPSA) is 104 Å². The van der Waals surface area contributed by atoms with Crippen molar-refractivity contribution in [3.63, 3.8) is 0 Å². The van der Waals surface area contributed by atoms with Crippen molar-refractivity contribution in [2.45, 2.75) is 6.54 Å². The molecule has 0 aliphatic rings. The van der Waals surface area contributed by atoms with Gasteiger partial charge < -0.3 is 15.3 Å². The van der Waals surface area contributed by atoms with Gasteiger partial charge in [0.05, 0.1) is 4.92 Å². The van der Waals surface area contributed by atoms with Crippen LogP contribution in [-0.4, -0.2) is 27.0 Å². The number of aromatic hydroxyl groups is 1. The Morgan fingerprint density at radius 1 is 1.22 bits per heavy atom. The van der Waals surface area contributed by atoms with Crippen molar-refractivity contribution in [2.75, 3.05) is 17.3 Å². The normalized spacial score (nSPS) is 10.4. The molecule has 0 saturated heterocycles. The molecule has 1 aromatic heterocycles. The number of rotatable bonds is 6. The van der Waals surface area contributed by atoms with Gasteiger partial charge in [0.2, 0.25) is 11.8 Å². The summed E-state index contributed by atoms with van der Waals surface area (Å²) in [5.74, 6) is 0.456. The Bertz CT molecular complexity index is 965. The second-order valence-corrected chi connectivity index (χ2v) is 6.21. The summed E-state index contributed by atoms with van der Waals surface area (Å²) in [7, 11) is 1.66. The predicted octanol–water partition coefficient (Wildman–Crippen LogP) is 4.12. The maximum Gasteiger partial charge on any atom is 0.329 e. The van der Waals surface area contributed by atoms with Crippen LogP contribution < -0.4 is 10.2 Å². The molecule has 0 aliphatic carbocycles. The SMILES string of the molecule is CN(Cc1ccccc1O)c1nc(Nc2ccc(Cl)cc2)ncc1[N+](=O)[O-]. The number of benzene rings is 2. The maximum atomic E-state index is 11.4. The smallest absolute Gasteiger partial charge is 0.329 e. The summed E-state index contributed by atoms with van der Waals surface area (Å²) in [6, 6.07) is 13.7. The van der Waals surface area contributed by atoms with Crippen LogP contribution in [0.5, 0.6) is 5.75 Å². The molecule has 0 bridgehead atoms. The van der Waals surface area contributed by atoms with Gasteiger partial charge in [-0.1, -0.05) is 29.8 Å². The Morgan fingerprint density at radius 2 is 1.93 bits per heavy atom. The van der Waals surface area contributed by atoms with Crippen LogP contribution in [-0.2, 0) is 6.54 Å². The molecule has 0 radical (unpaired) electrons. The number of hydrogen-bond donors (Lipinski definition) is 2. The molecule has 0 spiro atoms. The van der Waals surface area contributed by atoms with Crippen LogP contribution >= 0.6 is 11.6 Å². The Hall–Kier alpha value is -3.39. The van der Waals surface area contributed by atoms with E-state index in [4.69, 9.17) is 11.6 Å². The molecule has 0 unspecified atom stereocenters. The first-order chi connectivity index (χ1) is 12.9. The molecular weight excluding hydrogens is 370 g/mol. The van der Waals surface area contributed by atoms with Crippen molar-refractivity contribution in [3.05, 3.63) is 75.4 Å². The second-order valence-electron chi connectivity index (χ2n) is 5.78. The van der Waals surface area contributed by atoms with Crippen molar-refractivity contribution in [2.24, 2.45) is 0 Å². The van der Waals surface area contributed by atoms with E-state index in [2.05, 4.69) is 15.3 Å². The first-order valence-corrected chi connectivity index (χ1v) is 8.34. The summed E-state index contributed by atoms with van der Waals surface area (Å²) in [5.41, 5.74) is 1.09. The van der Waals surface area contributed by atoms with Gasteiger partial charge in [-0.3, -0.25) is 10.1 Å². The van der Waals surface area contributed by atoms with E-state index in [1.165, 1.54) is 0 Å². The summed E-state index contributed by atoms with van der Waals surface area (Å²) < 4.78 is 0. The molecule has 3 aromatic rings. The molecule has 0 saturated carbocycles. The molecule has 1 heterocycles. The number of phenols is 1. The highest BCUT2D eigenvalue weighted by Gasteiger charge is 2.21. The highest BCUT2D eigenvalue weighted by Crippen LogP contribution is 2.29. The van der Waals surface area contributed by atoms with E-state index in [9.17, 15) is 15.2 Å². The van der Waals surface area contributed by atoms with Gasteiger partial charge in [0.25, 0.3) is 0 Å². The van der Waals surface area contributed by atoms with Gasteiger partial charge in [-0.25, -0.2) is 4.98 Å². The van der Waals surface area contributed by atoms with E-state index >= 15 is 0 Å². The molecule has 0 aliphatic heterocycles. The van der Waals surface area contributed by atoms with E-state index in [0.717, 1.165) is 6.20 Å². The fraction of sp³-hybridized carbons (Fsp3) is 0.111. The molecule has 3 rings (SSSR count). The monoisotopic (exact) mass is 385 g/mol. The Balaban J connectivity index is 1.90. The minimum absolute atomic E-state index is 0.112. The summed E-state index contributed by atoms with van der Waals surface area (Å²) in [6.07, 6.45) is 1.15. The quantitative estimate of drug-likeness (QED) is 0.485. The summed E-state index contributed by atoms with van der Waals surface area (Å²) in [6.45, 7) is 0.241. The minimum Gasteiger partial charge on any atom is -0.508 e. The Labute approximate surface area is 160 Å². The van der Waals surface area contributed by atoms with Crippen molar-refractivity contribution >= 4 is 34.7 Å². The lowest BCUT2D eigenvalue weighted by molar-refractivity contribution is -0.384. The first-order valence-electron chi connectivity index (χ1n) is 7.96. The summed E-state index contributed by atoms with van der Waals surface area (Å²) in [4.78, 5) is 20.7. The fourth-order valence-electron chi connectivity index (χ4n) is 2.47. The van der Waals surface area contributed by atoms with Crippen molar-refractivity contribution in [1.29, 1.82) is 0 Å². The van der Waals surface area contributed by atoms with Crippen LogP contribution in [0.15, 0.2) is 54.7 Å². The summed E-state index contributed by atoms with van der Waals surface area (Å²) >= 11 is 5.87. The highest BCUT2D eigenvalue weighted by atomic mass is 35.5. The number of nitro groups is 1. The first kappa shape index (κ1) is 18.4. The Morgan fingerprint density at radius 3 is 2.59 bits per heavy atom. The minimum atomic E-state index is -0.539. The maximum absolute atomic E-state index is 11.4. The molecule has 8 nitrogen and oxygen atoms in total. The average Bonchev–Trinajstić information content (AvgIpc) is 2.65. The number of nitrogens with zero attached hydrogens (tertiary/aromatic N) is 4. The largest absolute Gasteiger partial charge is 0.508 e. The van der Waals surface area contributed by atoms with Crippen molar-refractivity contribution in [3.8, 4) is 5.75 Å². The van der Waals surface area contributed by atoms with Gasteiger partial charge in [0, 0.05) is 29.9 Å². The molecule has 138 valence electrons. The standard InChI is InChI=1S/C18H16ClN5O3/c1-23(11-12-4-2-3-5-16(12)25)17-15(24(26)27)10-20-18(22-17)21-14-8-6-13(19)7-9-14/h2-10,25H,11H2,1H3,(H,20,21,22). The van der Waals surface area contributed by atoms with Crippen LogP contribution in [0.25, 0.3) is 0 Å². The highest BCUT2D eigenvalue weighted by molar-refractivity contribution is 6.30. The van der Waals surface area contributed by atoms with Gasteiger partial charge in [0.1, 0.15) is 11.9 Å². The molecule has 2 N–H and O–H groups in total. The molecule has 27 heavy (non-hydrogen) atoms. The molecule has 0 amide bonds. The number of phenolic OH excluding ortho intramolecular Hbond substituents is 1. The third-order valence-electron chi connectivity index (χ3n) is 3.81. The van der Waals surface area contributed by atoms with E-state index in [-0.39, 0.29) is 29.7 Å².